The Labute approximate surface area is 83.7 Å². The van der Waals surface area contributed by atoms with Gasteiger partial charge in [-0.1, -0.05) is 0 Å². The maximum absolute atomic E-state index is 11.7. The lowest BCUT2D eigenvalue weighted by molar-refractivity contribution is -0.174. The number of carbonyl (C=O) groups excluding carboxylic acids is 1. The lowest BCUT2D eigenvalue weighted by atomic mass is 10.5. The van der Waals surface area contributed by atoms with Crippen LogP contribution in [0.1, 0.15) is 10.5 Å². The van der Waals surface area contributed by atoms with Gasteiger partial charge in [-0.15, -0.1) is 0 Å². The zero-order chi connectivity index (χ0) is 11.3. The van der Waals surface area contributed by atoms with E-state index in [0.29, 0.717) is 12.0 Å². The molecule has 0 aliphatic carbocycles. The van der Waals surface area contributed by atoms with Gasteiger partial charge in [0.15, 0.2) is 6.29 Å². The number of aromatic nitrogens is 2. The van der Waals surface area contributed by atoms with E-state index in [1.54, 1.807) is 0 Å². The van der Waals surface area contributed by atoms with Crippen LogP contribution in [-0.2, 0) is 11.3 Å². The van der Waals surface area contributed by atoms with Crippen LogP contribution in [0, 0.1) is 0 Å². The van der Waals surface area contributed by atoms with Crippen LogP contribution in [0.25, 0.3) is 0 Å². The van der Waals surface area contributed by atoms with E-state index in [0.717, 1.165) is 0 Å². The number of alkyl halides is 3. The van der Waals surface area contributed by atoms with Crippen molar-refractivity contribution in [2.75, 3.05) is 13.2 Å². The highest BCUT2D eigenvalue weighted by Gasteiger charge is 2.27. The van der Waals surface area contributed by atoms with Crippen molar-refractivity contribution in [2.24, 2.45) is 0 Å². The minimum atomic E-state index is -4.32. The molecule has 1 aromatic rings. The Bertz CT molecular complexity index is 322. The summed E-state index contributed by atoms with van der Waals surface area (Å²) in [7, 11) is 0. The zero-order valence-electron chi connectivity index (χ0n) is 7.70. The Morgan fingerprint density at radius 2 is 2.27 bits per heavy atom. The Hall–Kier alpha value is -1.37. The molecule has 0 saturated carbocycles. The van der Waals surface area contributed by atoms with E-state index in [1.165, 1.54) is 17.1 Å². The fourth-order valence-electron chi connectivity index (χ4n) is 0.967. The molecule has 0 aliphatic heterocycles. The molecule has 0 bridgehead atoms. The van der Waals surface area contributed by atoms with Crippen LogP contribution >= 0.6 is 0 Å². The van der Waals surface area contributed by atoms with Crippen molar-refractivity contribution in [3.63, 3.8) is 0 Å². The van der Waals surface area contributed by atoms with Crippen molar-refractivity contribution in [1.82, 2.24) is 9.55 Å². The number of hydrogen-bond acceptors (Lipinski definition) is 3. The van der Waals surface area contributed by atoms with Crippen LogP contribution < -0.4 is 0 Å². The second-order valence-electron chi connectivity index (χ2n) is 2.80. The highest BCUT2D eigenvalue weighted by Crippen LogP contribution is 2.14. The maximum Gasteiger partial charge on any atom is 0.411 e. The highest BCUT2D eigenvalue weighted by molar-refractivity contribution is 5.71. The van der Waals surface area contributed by atoms with Gasteiger partial charge in [-0.05, 0) is 0 Å². The Morgan fingerprint density at radius 1 is 1.53 bits per heavy atom. The van der Waals surface area contributed by atoms with Crippen molar-refractivity contribution >= 4 is 6.29 Å². The molecule has 84 valence electrons. The third kappa shape index (κ3) is 4.11. The van der Waals surface area contributed by atoms with E-state index in [1.807, 2.05) is 0 Å². The number of aldehydes is 1. The van der Waals surface area contributed by atoms with Crippen molar-refractivity contribution in [2.45, 2.75) is 12.7 Å². The van der Waals surface area contributed by atoms with Crippen LogP contribution in [0.4, 0.5) is 13.2 Å². The minimum Gasteiger partial charge on any atom is -0.370 e. The molecular formula is C8H9F3N2O2. The van der Waals surface area contributed by atoms with Gasteiger partial charge in [0.2, 0.25) is 0 Å². The van der Waals surface area contributed by atoms with Crippen molar-refractivity contribution in [1.29, 1.82) is 0 Å². The molecule has 0 fully saturated rings. The summed E-state index contributed by atoms with van der Waals surface area (Å²) in [5.41, 5.74) is 0.311. The van der Waals surface area contributed by atoms with Crippen LogP contribution in [0.15, 0.2) is 12.5 Å². The van der Waals surface area contributed by atoms with E-state index in [2.05, 4.69) is 9.72 Å². The SMILES string of the molecule is O=Cc1cncn1CCOCC(F)(F)F. The first-order chi connectivity index (χ1) is 7.03. The zero-order valence-corrected chi connectivity index (χ0v) is 7.70. The summed E-state index contributed by atoms with van der Waals surface area (Å²) >= 11 is 0. The molecule has 0 radical (unpaired) electrons. The van der Waals surface area contributed by atoms with Gasteiger partial charge in [0.05, 0.1) is 19.1 Å². The van der Waals surface area contributed by atoms with Crippen LogP contribution in [0.3, 0.4) is 0 Å². The number of imidazole rings is 1. The molecule has 1 heterocycles. The fourth-order valence-corrected chi connectivity index (χ4v) is 0.967. The van der Waals surface area contributed by atoms with Gasteiger partial charge < -0.3 is 9.30 Å². The average molecular weight is 222 g/mol. The summed E-state index contributed by atoms with van der Waals surface area (Å²) in [5.74, 6) is 0. The number of nitrogens with zero attached hydrogens (tertiary/aromatic N) is 2. The van der Waals surface area contributed by atoms with Crippen LogP contribution in [0.2, 0.25) is 0 Å². The Balaban J connectivity index is 2.29. The molecule has 4 nitrogen and oxygen atoms in total. The topological polar surface area (TPSA) is 44.1 Å². The molecule has 0 atom stereocenters. The Morgan fingerprint density at radius 3 is 2.87 bits per heavy atom. The second-order valence-corrected chi connectivity index (χ2v) is 2.80. The molecule has 0 unspecified atom stereocenters. The summed E-state index contributed by atoms with van der Waals surface area (Å²) in [6.07, 6.45) is -1.05. The first kappa shape index (κ1) is 11.7. The summed E-state index contributed by atoms with van der Waals surface area (Å²) in [5, 5.41) is 0. The first-order valence-electron chi connectivity index (χ1n) is 4.13. The lowest BCUT2D eigenvalue weighted by Crippen LogP contribution is -2.19. The fraction of sp³-hybridized carbons (Fsp3) is 0.500. The number of halogens is 3. The first-order valence-corrected chi connectivity index (χ1v) is 4.13. The predicted octanol–water partition coefficient (Wildman–Crippen LogP) is 1.27. The number of ether oxygens (including phenoxy) is 1. The molecule has 1 rings (SSSR count). The van der Waals surface area contributed by atoms with Gasteiger partial charge >= 0.3 is 6.18 Å². The maximum atomic E-state index is 11.7. The van der Waals surface area contributed by atoms with Gasteiger partial charge in [0, 0.05) is 6.54 Å². The summed E-state index contributed by atoms with van der Waals surface area (Å²) in [6.45, 7) is -1.22. The number of carbonyl (C=O) groups is 1. The Kier molecular flexibility index (Phi) is 3.84. The summed E-state index contributed by atoms with van der Waals surface area (Å²) in [6, 6.07) is 0. The largest absolute Gasteiger partial charge is 0.411 e. The molecule has 0 amide bonds. The van der Waals surface area contributed by atoms with E-state index in [4.69, 9.17) is 0 Å². The third-order valence-electron chi connectivity index (χ3n) is 1.61. The minimum absolute atomic E-state index is 0.114. The van der Waals surface area contributed by atoms with E-state index < -0.39 is 12.8 Å². The predicted molar refractivity (Wildman–Crippen MR) is 44.5 cm³/mol. The molecule has 7 heteroatoms. The van der Waals surface area contributed by atoms with E-state index in [9.17, 15) is 18.0 Å². The summed E-state index contributed by atoms with van der Waals surface area (Å²) < 4.78 is 40.8. The quantitative estimate of drug-likeness (QED) is 0.556. The summed E-state index contributed by atoms with van der Waals surface area (Å²) in [4.78, 5) is 14.1. The van der Waals surface area contributed by atoms with Gasteiger partial charge in [-0.2, -0.15) is 13.2 Å². The highest BCUT2D eigenvalue weighted by atomic mass is 19.4. The molecule has 15 heavy (non-hydrogen) atoms. The lowest BCUT2D eigenvalue weighted by Gasteiger charge is -2.08. The van der Waals surface area contributed by atoms with Gasteiger partial charge in [-0.3, -0.25) is 4.79 Å². The second kappa shape index (κ2) is 4.92. The molecular weight excluding hydrogens is 213 g/mol. The number of rotatable bonds is 5. The average Bonchev–Trinajstić information content (AvgIpc) is 2.58. The number of hydrogen-bond donors (Lipinski definition) is 0. The molecule has 0 spiro atoms. The van der Waals surface area contributed by atoms with Crippen molar-refractivity contribution < 1.29 is 22.7 Å². The molecule has 0 aliphatic rings. The molecule has 0 N–H and O–H groups in total. The van der Waals surface area contributed by atoms with Gasteiger partial charge in [-0.25, -0.2) is 4.98 Å². The van der Waals surface area contributed by atoms with E-state index in [-0.39, 0.29) is 13.2 Å². The molecule has 0 aromatic carbocycles. The van der Waals surface area contributed by atoms with Crippen LogP contribution in [-0.4, -0.2) is 35.2 Å². The smallest absolute Gasteiger partial charge is 0.370 e. The van der Waals surface area contributed by atoms with Crippen molar-refractivity contribution in [3.05, 3.63) is 18.2 Å². The molecule has 1 aromatic heterocycles. The van der Waals surface area contributed by atoms with Crippen molar-refractivity contribution in [3.8, 4) is 0 Å². The monoisotopic (exact) mass is 222 g/mol. The normalized spacial score (nSPS) is 11.7. The van der Waals surface area contributed by atoms with Crippen LogP contribution in [0.5, 0.6) is 0 Å². The van der Waals surface area contributed by atoms with Gasteiger partial charge in [0.25, 0.3) is 0 Å². The molecule has 0 saturated heterocycles. The van der Waals surface area contributed by atoms with Gasteiger partial charge in [0.1, 0.15) is 12.3 Å². The standard InChI is InChI=1S/C8H9F3N2O2/c9-8(10,11)5-15-2-1-13-6-12-3-7(13)4-14/h3-4,6H,1-2,5H2. The third-order valence-corrected chi connectivity index (χ3v) is 1.61. The van der Waals surface area contributed by atoms with E-state index >= 15 is 0 Å².